The van der Waals surface area contributed by atoms with Gasteiger partial charge in [0.25, 0.3) is 0 Å². The summed E-state index contributed by atoms with van der Waals surface area (Å²) >= 11 is 1.61. The fourth-order valence-electron chi connectivity index (χ4n) is 3.92. The Balaban J connectivity index is 0.00000289. The zero-order chi connectivity index (χ0) is 22.0. The Kier molecular flexibility index (Phi) is 8.31. The molecule has 0 saturated carbocycles. The molecule has 0 aromatic heterocycles. The van der Waals surface area contributed by atoms with Crippen molar-refractivity contribution in [1.82, 2.24) is 0 Å². The predicted molar refractivity (Wildman–Crippen MR) is 129 cm³/mol. The second kappa shape index (κ2) is 10.6. The summed E-state index contributed by atoms with van der Waals surface area (Å²) in [7, 11) is -4.17. The summed E-state index contributed by atoms with van der Waals surface area (Å²) in [5.74, 6) is 0.264. The Hall–Kier alpha value is -1.54. The molecule has 0 N–H and O–H groups in total. The van der Waals surface area contributed by atoms with Crippen molar-refractivity contribution in [3.63, 3.8) is 0 Å². The van der Waals surface area contributed by atoms with Crippen LogP contribution >= 0.6 is 11.8 Å². The average molecular weight is 474 g/mol. The van der Waals surface area contributed by atoms with Crippen LogP contribution in [0.15, 0.2) is 77.7 Å². The molecule has 0 unspecified atom stereocenters. The van der Waals surface area contributed by atoms with Gasteiger partial charge >= 0.3 is 29.6 Å². The number of hydrogen-bond donors (Lipinski definition) is 0. The Morgan fingerprint density at radius 2 is 1.44 bits per heavy atom. The van der Waals surface area contributed by atoms with E-state index in [1.165, 1.54) is 5.56 Å². The van der Waals surface area contributed by atoms with Crippen LogP contribution in [0.4, 0.5) is 17.1 Å². The number of fused-ring (bicyclic) bond motifs is 2. The SMILES string of the molecule is CC(SCCCS(=O)(=O)[O-])=C1c2ccccc2N(c2ccc(C)cc2)c2ccccc21.[Na+]. The van der Waals surface area contributed by atoms with Gasteiger partial charge in [-0.1, -0.05) is 54.1 Å². The number of nitrogens with zero attached hydrogens (tertiary/aromatic N) is 1. The van der Waals surface area contributed by atoms with Crippen LogP contribution in [0.2, 0.25) is 0 Å². The van der Waals surface area contributed by atoms with Gasteiger partial charge in [-0.25, -0.2) is 8.42 Å². The minimum Gasteiger partial charge on any atom is -0.748 e. The number of rotatable bonds is 6. The smallest absolute Gasteiger partial charge is 0.748 e. The van der Waals surface area contributed by atoms with Crippen LogP contribution in [0, 0.1) is 6.92 Å². The molecule has 0 amide bonds. The van der Waals surface area contributed by atoms with Crippen molar-refractivity contribution in [1.29, 1.82) is 0 Å². The normalized spacial score (nSPS) is 12.6. The van der Waals surface area contributed by atoms with Crippen molar-refractivity contribution < 1.29 is 42.5 Å². The van der Waals surface area contributed by atoms with Gasteiger partial charge in [-0.2, -0.15) is 0 Å². The van der Waals surface area contributed by atoms with Crippen LogP contribution in [0.1, 0.15) is 30.0 Å². The fraction of sp³-hybridized carbons (Fsp3) is 0.200. The van der Waals surface area contributed by atoms with Gasteiger partial charge in [0.1, 0.15) is 0 Å². The third-order valence-corrected chi connectivity index (χ3v) is 7.25. The van der Waals surface area contributed by atoms with E-state index in [1.54, 1.807) is 11.8 Å². The molecule has 3 aromatic carbocycles. The largest absolute Gasteiger partial charge is 1.00 e. The molecule has 32 heavy (non-hydrogen) atoms. The zero-order valence-corrected chi connectivity index (χ0v) is 22.2. The summed E-state index contributed by atoms with van der Waals surface area (Å²) < 4.78 is 32.7. The summed E-state index contributed by atoms with van der Waals surface area (Å²) in [6, 6.07) is 25.2. The summed E-state index contributed by atoms with van der Waals surface area (Å²) in [5, 5.41) is 0. The third kappa shape index (κ3) is 5.50. The molecular weight excluding hydrogens is 449 g/mol. The van der Waals surface area contributed by atoms with Crippen LogP contribution in [-0.4, -0.2) is 24.5 Å². The molecule has 1 heterocycles. The number of allylic oxidation sites excluding steroid dienone is 1. The molecule has 0 aliphatic carbocycles. The Bertz CT molecular complexity index is 1190. The van der Waals surface area contributed by atoms with Gasteiger partial charge in [-0.3, -0.25) is 0 Å². The second-order valence-electron chi connectivity index (χ2n) is 7.60. The number of benzene rings is 3. The zero-order valence-electron chi connectivity index (χ0n) is 18.5. The molecule has 1 aliphatic rings. The Morgan fingerprint density at radius 1 is 0.906 bits per heavy atom. The van der Waals surface area contributed by atoms with Crippen molar-refractivity contribution in [2.75, 3.05) is 16.4 Å². The molecule has 1 aliphatic heterocycles. The topological polar surface area (TPSA) is 60.4 Å². The summed E-state index contributed by atoms with van der Waals surface area (Å²) in [6.45, 7) is 4.15. The van der Waals surface area contributed by atoms with E-state index in [-0.39, 0.29) is 35.3 Å². The number of thioether (sulfide) groups is 1. The molecule has 3 aromatic rings. The van der Waals surface area contributed by atoms with Gasteiger partial charge in [0.15, 0.2) is 0 Å². The van der Waals surface area contributed by atoms with Crippen molar-refractivity contribution in [3.05, 3.63) is 94.4 Å². The van der Waals surface area contributed by atoms with E-state index >= 15 is 0 Å². The number of para-hydroxylation sites is 2. The van der Waals surface area contributed by atoms with E-state index in [9.17, 15) is 13.0 Å². The van der Waals surface area contributed by atoms with Crippen molar-refractivity contribution in [3.8, 4) is 0 Å². The summed E-state index contributed by atoms with van der Waals surface area (Å²) in [5.41, 5.74) is 7.99. The van der Waals surface area contributed by atoms with E-state index in [4.69, 9.17) is 0 Å². The minimum atomic E-state index is -4.17. The van der Waals surface area contributed by atoms with Gasteiger partial charge < -0.3 is 9.45 Å². The van der Waals surface area contributed by atoms with Gasteiger partial charge in [0, 0.05) is 28.1 Å². The number of aryl methyl sites for hydroxylation is 1. The fourth-order valence-corrected chi connectivity index (χ4v) is 5.56. The second-order valence-corrected chi connectivity index (χ2v) is 10.4. The summed E-state index contributed by atoms with van der Waals surface area (Å²) in [4.78, 5) is 3.40. The Labute approximate surface area is 216 Å². The van der Waals surface area contributed by atoms with E-state index in [2.05, 4.69) is 67.3 Å². The van der Waals surface area contributed by atoms with Crippen molar-refractivity contribution in [2.24, 2.45) is 0 Å². The molecular formula is C25H24NNaO3S2. The van der Waals surface area contributed by atoms with Gasteiger partial charge in [-0.05, 0) is 55.2 Å². The molecule has 0 saturated heterocycles. The van der Waals surface area contributed by atoms with Gasteiger partial charge in [-0.15, -0.1) is 11.8 Å². The van der Waals surface area contributed by atoms with Crippen LogP contribution in [0.5, 0.6) is 0 Å². The number of anilines is 3. The molecule has 160 valence electrons. The average Bonchev–Trinajstić information content (AvgIpc) is 2.75. The molecule has 0 atom stereocenters. The van der Waals surface area contributed by atoms with E-state index in [1.807, 2.05) is 24.3 Å². The maximum Gasteiger partial charge on any atom is 1.00 e. The first kappa shape index (κ1) is 25.1. The van der Waals surface area contributed by atoms with Gasteiger partial charge in [0.05, 0.1) is 21.5 Å². The van der Waals surface area contributed by atoms with Crippen LogP contribution in [0.25, 0.3) is 5.57 Å². The van der Waals surface area contributed by atoms with E-state index in [0.717, 1.165) is 38.7 Å². The third-order valence-electron chi connectivity index (χ3n) is 5.33. The minimum absolute atomic E-state index is 0. The molecule has 0 spiro atoms. The van der Waals surface area contributed by atoms with E-state index in [0.29, 0.717) is 12.2 Å². The van der Waals surface area contributed by atoms with Crippen molar-refractivity contribution in [2.45, 2.75) is 20.3 Å². The van der Waals surface area contributed by atoms with Crippen molar-refractivity contribution >= 4 is 44.5 Å². The standard InChI is InChI=1S/C25H25NO3S2.Na/c1-18-12-14-20(15-13-18)26-23-10-5-3-8-21(23)25(22-9-4-6-11-24(22)26)19(2)30-16-7-17-31(27,28)29;/h3-6,8-15H,7,16-17H2,1-2H3,(H,27,28,29);/q;+1/p-1. The molecule has 0 fully saturated rings. The first-order valence-corrected chi connectivity index (χ1v) is 12.7. The molecule has 7 heteroatoms. The molecule has 4 rings (SSSR count). The first-order valence-electron chi connectivity index (χ1n) is 10.2. The van der Waals surface area contributed by atoms with Crippen LogP contribution < -0.4 is 34.5 Å². The molecule has 4 nitrogen and oxygen atoms in total. The molecule has 0 radical (unpaired) electrons. The van der Waals surface area contributed by atoms with Gasteiger partial charge in [0.2, 0.25) is 0 Å². The molecule has 0 bridgehead atoms. The number of hydrogen-bond acceptors (Lipinski definition) is 5. The quantitative estimate of drug-likeness (QED) is 0.245. The monoisotopic (exact) mass is 473 g/mol. The first-order chi connectivity index (χ1) is 14.8. The van der Waals surface area contributed by atoms with Crippen LogP contribution in [-0.2, 0) is 10.1 Å². The maximum absolute atomic E-state index is 10.9. The summed E-state index contributed by atoms with van der Waals surface area (Å²) in [6.07, 6.45) is 0.347. The Morgan fingerprint density at radius 3 is 1.97 bits per heavy atom. The predicted octanol–water partition coefficient (Wildman–Crippen LogP) is 3.23. The van der Waals surface area contributed by atoms with Crippen LogP contribution in [0.3, 0.4) is 0 Å². The maximum atomic E-state index is 10.9. The van der Waals surface area contributed by atoms with E-state index < -0.39 is 10.1 Å².